The van der Waals surface area contributed by atoms with Gasteiger partial charge >= 0.3 is 0 Å². The maximum Gasteiger partial charge on any atom is 0.157 e. The maximum atomic E-state index is 9.82. The number of rotatable bonds is 1. The third-order valence-corrected chi connectivity index (χ3v) is 4.90. The zero-order chi connectivity index (χ0) is 16.1. The molecule has 3 aromatic heterocycles. The molecule has 0 N–H and O–H groups in total. The molecule has 4 aromatic rings. The summed E-state index contributed by atoms with van der Waals surface area (Å²) in [6.45, 7) is 0. The summed E-state index contributed by atoms with van der Waals surface area (Å²) in [5, 5.41) is 9.82. The summed E-state index contributed by atoms with van der Waals surface area (Å²) in [4.78, 5) is 9.00. The molecule has 24 heavy (non-hydrogen) atoms. The van der Waals surface area contributed by atoms with Crippen molar-refractivity contribution >= 4 is 16.7 Å². The van der Waals surface area contributed by atoms with Crippen LogP contribution in [0, 0.1) is 11.3 Å². The summed E-state index contributed by atoms with van der Waals surface area (Å²) < 4.78 is 4.17. The Hall–Kier alpha value is -3.13. The van der Waals surface area contributed by atoms with Gasteiger partial charge in [0.2, 0.25) is 0 Å². The molecule has 0 unspecified atom stereocenters. The first-order valence-electron chi connectivity index (χ1n) is 8.22. The molecule has 1 aliphatic carbocycles. The van der Waals surface area contributed by atoms with Gasteiger partial charge in [0.25, 0.3) is 0 Å². The molecule has 5 rings (SSSR count). The van der Waals surface area contributed by atoms with E-state index in [1.54, 1.807) is 6.20 Å². The smallest absolute Gasteiger partial charge is 0.157 e. The van der Waals surface area contributed by atoms with Gasteiger partial charge in [0, 0.05) is 12.4 Å². The first kappa shape index (κ1) is 13.3. The molecule has 1 aromatic carbocycles. The number of hydrogen-bond acceptors (Lipinski definition) is 3. The molecule has 5 nitrogen and oxygen atoms in total. The lowest BCUT2D eigenvalue weighted by molar-refractivity contribution is 0.673. The highest BCUT2D eigenvalue weighted by Crippen LogP contribution is 2.34. The summed E-state index contributed by atoms with van der Waals surface area (Å²) in [6, 6.07) is 10.5. The van der Waals surface area contributed by atoms with Gasteiger partial charge in [-0.05, 0) is 48.9 Å². The van der Waals surface area contributed by atoms with Gasteiger partial charge in [-0.25, -0.2) is 9.97 Å². The lowest BCUT2D eigenvalue weighted by Crippen LogP contribution is -2.15. The third kappa shape index (κ3) is 1.68. The highest BCUT2D eigenvalue weighted by Gasteiger charge is 2.25. The van der Waals surface area contributed by atoms with Crippen molar-refractivity contribution in [2.45, 2.75) is 25.7 Å². The van der Waals surface area contributed by atoms with E-state index in [9.17, 15) is 5.26 Å². The summed E-state index contributed by atoms with van der Waals surface area (Å²) in [5.41, 5.74) is 5.84. The summed E-state index contributed by atoms with van der Waals surface area (Å²) >= 11 is 0. The third-order valence-electron chi connectivity index (χ3n) is 4.90. The Labute approximate surface area is 138 Å². The number of pyridine rings is 1. The first-order chi connectivity index (χ1) is 11.9. The van der Waals surface area contributed by atoms with Gasteiger partial charge in [0.05, 0.1) is 16.6 Å². The Morgan fingerprint density at radius 3 is 2.71 bits per heavy atom. The molecule has 0 bridgehead atoms. The van der Waals surface area contributed by atoms with Gasteiger partial charge < -0.3 is 0 Å². The van der Waals surface area contributed by atoms with Crippen LogP contribution in [0.15, 0.2) is 43.0 Å². The van der Waals surface area contributed by atoms with E-state index in [4.69, 9.17) is 4.98 Å². The predicted octanol–water partition coefficient (Wildman–Crippen LogP) is 3.42. The number of benzene rings is 1. The van der Waals surface area contributed by atoms with E-state index in [-0.39, 0.29) is 0 Å². The van der Waals surface area contributed by atoms with Crippen molar-refractivity contribution in [1.82, 2.24) is 18.9 Å². The molecule has 0 amide bonds. The van der Waals surface area contributed by atoms with Gasteiger partial charge in [-0.3, -0.25) is 8.97 Å². The topological polar surface area (TPSA) is 58.9 Å². The fourth-order valence-corrected chi connectivity index (χ4v) is 3.88. The highest BCUT2D eigenvalue weighted by molar-refractivity contribution is 5.85. The fraction of sp³-hybridized carbons (Fsp3) is 0.211. The van der Waals surface area contributed by atoms with Crippen LogP contribution in [0.4, 0.5) is 0 Å². The quantitative estimate of drug-likeness (QED) is 0.541. The van der Waals surface area contributed by atoms with Crippen LogP contribution in [-0.4, -0.2) is 18.9 Å². The Morgan fingerprint density at radius 1 is 1.08 bits per heavy atom. The van der Waals surface area contributed by atoms with E-state index in [2.05, 4.69) is 21.5 Å². The van der Waals surface area contributed by atoms with Crippen molar-refractivity contribution in [3.8, 4) is 11.9 Å². The average Bonchev–Trinajstić information content (AvgIpc) is 3.27. The minimum atomic E-state index is 0.727. The molecule has 0 spiro atoms. The second-order valence-corrected chi connectivity index (χ2v) is 6.20. The van der Waals surface area contributed by atoms with Gasteiger partial charge in [-0.2, -0.15) is 5.26 Å². The number of hydrogen-bond donors (Lipinski definition) is 0. The zero-order valence-electron chi connectivity index (χ0n) is 13.1. The Kier molecular flexibility index (Phi) is 2.74. The van der Waals surface area contributed by atoms with Gasteiger partial charge in [-0.15, -0.1) is 0 Å². The van der Waals surface area contributed by atoms with E-state index in [0.717, 1.165) is 59.3 Å². The Bertz CT molecular complexity index is 1110. The molecule has 0 saturated heterocycles. The average molecular weight is 313 g/mol. The van der Waals surface area contributed by atoms with Gasteiger partial charge in [0.1, 0.15) is 18.2 Å². The molecular weight excluding hydrogens is 298 g/mol. The molecule has 0 saturated carbocycles. The molecule has 3 heterocycles. The van der Waals surface area contributed by atoms with Crippen molar-refractivity contribution in [3.05, 3.63) is 59.7 Å². The first-order valence-corrected chi connectivity index (χ1v) is 8.22. The van der Waals surface area contributed by atoms with Crippen LogP contribution < -0.4 is 0 Å². The monoisotopic (exact) mass is 313 g/mol. The second kappa shape index (κ2) is 4.93. The van der Waals surface area contributed by atoms with Crippen LogP contribution in [0.5, 0.6) is 0 Å². The standard InChI is InChI=1S/C19H15N5/c20-11-15-13-5-1-2-6-14(13)19(23-10-9-21-12-23)24-17-8-4-3-7-16(17)22-18(15)24/h3-4,7-10,12H,1-2,5-6H2. The molecular formula is C19H15N5. The van der Waals surface area contributed by atoms with E-state index in [0.29, 0.717) is 0 Å². The number of imidazole rings is 2. The van der Waals surface area contributed by atoms with Crippen molar-refractivity contribution in [1.29, 1.82) is 5.26 Å². The minimum absolute atomic E-state index is 0.727. The number of para-hydroxylation sites is 2. The van der Waals surface area contributed by atoms with E-state index >= 15 is 0 Å². The normalized spacial score (nSPS) is 14.0. The van der Waals surface area contributed by atoms with Crippen LogP contribution in [-0.2, 0) is 12.8 Å². The minimum Gasteiger partial charge on any atom is -0.291 e. The second-order valence-electron chi connectivity index (χ2n) is 6.20. The van der Waals surface area contributed by atoms with Crippen LogP contribution >= 0.6 is 0 Å². The lowest BCUT2D eigenvalue weighted by Gasteiger charge is -2.22. The highest BCUT2D eigenvalue weighted by atomic mass is 15.2. The molecule has 0 fully saturated rings. The van der Waals surface area contributed by atoms with Gasteiger partial charge in [-0.1, -0.05) is 12.1 Å². The summed E-state index contributed by atoms with van der Waals surface area (Å²) in [5.74, 6) is 1.07. The number of fused-ring (bicyclic) bond motifs is 4. The largest absolute Gasteiger partial charge is 0.291 e. The maximum absolute atomic E-state index is 9.82. The van der Waals surface area contributed by atoms with Crippen molar-refractivity contribution < 1.29 is 0 Å². The predicted molar refractivity (Wildman–Crippen MR) is 91.2 cm³/mol. The van der Waals surface area contributed by atoms with Crippen LogP contribution in [0.2, 0.25) is 0 Å². The van der Waals surface area contributed by atoms with Crippen LogP contribution in [0.25, 0.3) is 22.5 Å². The van der Waals surface area contributed by atoms with Gasteiger partial charge in [0.15, 0.2) is 5.65 Å². The summed E-state index contributed by atoms with van der Waals surface area (Å²) in [6.07, 6.45) is 9.78. The van der Waals surface area contributed by atoms with E-state index in [1.165, 1.54) is 5.56 Å². The molecule has 0 atom stereocenters. The van der Waals surface area contributed by atoms with Crippen LogP contribution in [0.1, 0.15) is 29.5 Å². The van der Waals surface area contributed by atoms with E-state index in [1.807, 2.05) is 35.3 Å². The zero-order valence-corrected chi connectivity index (χ0v) is 13.1. The lowest BCUT2D eigenvalue weighted by atomic mass is 9.89. The number of nitrogens with zero attached hydrogens (tertiary/aromatic N) is 5. The van der Waals surface area contributed by atoms with Crippen molar-refractivity contribution in [3.63, 3.8) is 0 Å². The van der Waals surface area contributed by atoms with E-state index < -0.39 is 0 Å². The van der Waals surface area contributed by atoms with Crippen molar-refractivity contribution in [2.75, 3.05) is 0 Å². The molecule has 0 radical (unpaired) electrons. The number of nitriles is 1. The molecule has 0 aliphatic heterocycles. The molecule has 116 valence electrons. The SMILES string of the molecule is N#Cc1c2c(c(-n3ccnc3)n3c1nc1ccccc13)CCCC2. The Balaban J connectivity index is 2.06. The number of aromatic nitrogens is 4. The fourth-order valence-electron chi connectivity index (χ4n) is 3.88. The van der Waals surface area contributed by atoms with Crippen molar-refractivity contribution in [2.24, 2.45) is 0 Å². The summed E-state index contributed by atoms with van der Waals surface area (Å²) in [7, 11) is 0. The molecule has 1 aliphatic rings. The molecule has 5 heteroatoms. The Morgan fingerprint density at radius 2 is 1.92 bits per heavy atom. The van der Waals surface area contributed by atoms with Crippen LogP contribution in [0.3, 0.4) is 0 Å².